The molecule has 1 aliphatic rings. The van der Waals surface area contributed by atoms with Crippen LogP contribution in [-0.2, 0) is 9.53 Å². The second kappa shape index (κ2) is 6.07. The largest absolute Gasteiger partial charge is 0.449 e. The van der Waals surface area contributed by atoms with Crippen LogP contribution in [0.4, 0.5) is 0 Å². The van der Waals surface area contributed by atoms with Gasteiger partial charge in [-0.1, -0.05) is 26.0 Å². The predicted octanol–water partition coefficient (Wildman–Crippen LogP) is 2.63. The first-order valence-corrected chi connectivity index (χ1v) is 7.08. The Morgan fingerprint density at radius 1 is 1.15 bits per heavy atom. The van der Waals surface area contributed by atoms with Gasteiger partial charge in [-0.15, -0.1) is 0 Å². The van der Waals surface area contributed by atoms with Crippen molar-refractivity contribution < 1.29 is 14.3 Å². The molecule has 1 saturated carbocycles. The number of hydrogen-bond acceptors (Lipinski definition) is 3. The molecule has 0 aromatic heterocycles. The van der Waals surface area contributed by atoms with Crippen molar-refractivity contribution in [3.63, 3.8) is 0 Å². The minimum atomic E-state index is -0.757. The van der Waals surface area contributed by atoms with Crippen LogP contribution in [0, 0.1) is 0 Å². The van der Waals surface area contributed by atoms with Crippen molar-refractivity contribution in [3.8, 4) is 0 Å². The summed E-state index contributed by atoms with van der Waals surface area (Å²) in [6.45, 7) is 5.79. The Morgan fingerprint density at radius 3 is 2.25 bits per heavy atom. The molecule has 1 aliphatic carbocycles. The average Bonchev–Trinajstić information content (AvgIpc) is 3.22. The monoisotopic (exact) mass is 275 g/mol. The number of ether oxygens (including phenoxy) is 1. The number of carbonyl (C=O) groups excluding carboxylic acids is 2. The van der Waals surface area contributed by atoms with Gasteiger partial charge in [0.15, 0.2) is 6.10 Å². The van der Waals surface area contributed by atoms with Gasteiger partial charge in [0, 0.05) is 6.04 Å². The van der Waals surface area contributed by atoms with Crippen LogP contribution in [0.1, 0.15) is 55.5 Å². The number of nitrogens with one attached hydrogen (secondary N) is 1. The van der Waals surface area contributed by atoms with Gasteiger partial charge in [0.1, 0.15) is 0 Å². The van der Waals surface area contributed by atoms with Gasteiger partial charge in [-0.3, -0.25) is 4.79 Å². The number of carbonyl (C=O) groups is 2. The lowest BCUT2D eigenvalue weighted by Gasteiger charge is -2.13. The summed E-state index contributed by atoms with van der Waals surface area (Å²) in [5.41, 5.74) is 1.64. The minimum absolute atomic E-state index is 0.223. The van der Waals surface area contributed by atoms with Gasteiger partial charge < -0.3 is 10.1 Å². The molecule has 1 unspecified atom stereocenters. The van der Waals surface area contributed by atoms with Gasteiger partial charge >= 0.3 is 5.97 Å². The fourth-order valence-electron chi connectivity index (χ4n) is 1.83. The molecule has 0 bridgehead atoms. The third-order valence-corrected chi connectivity index (χ3v) is 3.39. The maximum absolute atomic E-state index is 11.9. The van der Waals surface area contributed by atoms with E-state index < -0.39 is 12.1 Å². The van der Waals surface area contributed by atoms with Gasteiger partial charge in [0.2, 0.25) is 0 Å². The Balaban J connectivity index is 1.91. The van der Waals surface area contributed by atoms with Gasteiger partial charge in [0.25, 0.3) is 5.91 Å². The first kappa shape index (κ1) is 14.6. The van der Waals surface area contributed by atoms with E-state index in [1.54, 1.807) is 19.1 Å². The van der Waals surface area contributed by atoms with Crippen LogP contribution in [-0.4, -0.2) is 24.0 Å². The smallest absolute Gasteiger partial charge is 0.338 e. The number of hydrogen-bond donors (Lipinski definition) is 1. The minimum Gasteiger partial charge on any atom is -0.449 e. The topological polar surface area (TPSA) is 55.4 Å². The molecule has 0 spiro atoms. The standard InChI is InChI=1S/C16H21NO3/c1-10(2)12-4-6-13(7-5-12)16(19)20-11(3)15(18)17-14-8-9-14/h4-7,10-11,14H,8-9H2,1-3H3,(H,17,18). The fourth-order valence-corrected chi connectivity index (χ4v) is 1.83. The predicted molar refractivity (Wildman–Crippen MR) is 76.6 cm³/mol. The van der Waals surface area contributed by atoms with Crippen LogP contribution >= 0.6 is 0 Å². The highest BCUT2D eigenvalue weighted by Gasteiger charge is 2.27. The first-order chi connectivity index (χ1) is 9.47. The number of benzene rings is 1. The molecule has 4 nitrogen and oxygen atoms in total. The first-order valence-electron chi connectivity index (χ1n) is 7.08. The highest BCUT2D eigenvalue weighted by Crippen LogP contribution is 2.19. The molecule has 1 aromatic rings. The molecule has 0 heterocycles. The quantitative estimate of drug-likeness (QED) is 0.840. The Labute approximate surface area is 119 Å². The van der Waals surface area contributed by atoms with E-state index in [4.69, 9.17) is 4.74 Å². The van der Waals surface area contributed by atoms with E-state index in [1.807, 2.05) is 12.1 Å². The highest BCUT2D eigenvalue weighted by atomic mass is 16.5. The summed E-state index contributed by atoms with van der Waals surface area (Å²) in [4.78, 5) is 23.7. The molecule has 1 aromatic carbocycles. The number of rotatable bonds is 5. The van der Waals surface area contributed by atoms with Crippen molar-refractivity contribution in [2.75, 3.05) is 0 Å². The molecular weight excluding hydrogens is 254 g/mol. The van der Waals surface area contributed by atoms with Crippen molar-refractivity contribution in [1.29, 1.82) is 0 Å². The van der Waals surface area contributed by atoms with Crippen molar-refractivity contribution in [2.45, 2.75) is 51.7 Å². The summed E-state index contributed by atoms with van der Waals surface area (Å²) in [5, 5.41) is 2.82. The lowest BCUT2D eigenvalue weighted by Crippen LogP contribution is -2.37. The summed E-state index contributed by atoms with van der Waals surface area (Å²) in [6, 6.07) is 7.58. The van der Waals surface area contributed by atoms with Crippen molar-refractivity contribution in [3.05, 3.63) is 35.4 Å². The molecule has 4 heteroatoms. The van der Waals surface area contributed by atoms with E-state index in [0.29, 0.717) is 11.5 Å². The van der Waals surface area contributed by atoms with E-state index in [2.05, 4.69) is 19.2 Å². The summed E-state index contributed by atoms with van der Waals surface area (Å²) in [7, 11) is 0. The Bertz CT molecular complexity index is 489. The Morgan fingerprint density at radius 2 is 1.75 bits per heavy atom. The summed E-state index contributed by atoms with van der Waals surface area (Å²) in [6.07, 6.45) is 1.28. The molecule has 1 N–H and O–H groups in total. The Hall–Kier alpha value is -1.84. The van der Waals surface area contributed by atoms with Crippen LogP contribution in [0.25, 0.3) is 0 Å². The highest BCUT2D eigenvalue weighted by molar-refractivity contribution is 5.92. The average molecular weight is 275 g/mol. The zero-order valence-electron chi connectivity index (χ0n) is 12.2. The van der Waals surface area contributed by atoms with Crippen LogP contribution in [0.5, 0.6) is 0 Å². The number of amides is 1. The van der Waals surface area contributed by atoms with Crippen LogP contribution in [0.2, 0.25) is 0 Å². The zero-order valence-corrected chi connectivity index (χ0v) is 12.2. The van der Waals surface area contributed by atoms with Gasteiger partial charge in [0.05, 0.1) is 5.56 Å². The third kappa shape index (κ3) is 3.83. The second-order valence-electron chi connectivity index (χ2n) is 5.61. The van der Waals surface area contributed by atoms with Gasteiger partial charge in [-0.25, -0.2) is 4.79 Å². The second-order valence-corrected chi connectivity index (χ2v) is 5.61. The van der Waals surface area contributed by atoms with E-state index in [0.717, 1.165) is 12.8 Å². The molecule has 0 aliphatic heterocycles. The molecule has 2 rings (SSSR count). The maximum atomic E-state index is 11.9. The normalized spacial score (nSPS) is 15.8. The summed E-state index contributed by atoms with van der Waals surface area (Å²) < 4.78 is 5.18. The molecule has 20 heavy (non-hydrogen) atoms. The molecule has 1 amide bonds. The van der Waals surface area contributed by atoms with E-state index in [-0.39, 0.29) is 11.9 Å². The van der Waals surface area contributed by atoms with E-state index in [1.165, 1.54) is 5.56 Å². The molecule has 0 saturated heterocycles. The van der Waals surface area contributed by atoms with Crippen molar-refractivity contribution in [1.82, 2.24) is 5.32 Å². The fraction of sp³-hybridized carbons (Fsp3) is 0.500. The Kier molecular flexibility index (Phi) is 4.42. The maximum Gasteiger partial charge on any atom is 0.338 e. The van der Waals surface area contributed by atoms with Gasteiger partial charge in [-0.2, -0.15) is 0 Å². The van der Waals surface area contributed by atoms with Crippen molar-refractivity contribution in [2.24, 2.45) is 0 Å². The third-order valence-electron chi connectivity index (χ3n) is 3.39. The SMILES string of the molecule is CC(OC(=O)c1ccc(C(C)C)cc1)C(=O)NC1CC1. The van der Waals surface area contributed by atoms with Crippen molar-refractivity contribution >= 4 is 11.9 Å². The number of esters is 1. The van der Waals surface area contributed by atoms with Crippen LogP contribution in [0.3, 0.4) is 0 Å². The lowest BCUT2D eigenvalue weighted by atomic mass is 10.0. The lowest BCUT2D eigenvalue weighted by molar-refractivity contribution is -0.129. The molecule has 108 valence electrons. The van der Waals surface area contributed by atoms with Crippen LogP contribution < -0.4 is 5.32 Å². The van der Waals surface area contributed by atoms with E-state index in [9.17, 15) is 9.59 Å². The molecule has 0 radical (unpaired) electrons. The van der Waals surface area contributed by atoms with Crippen LogP contribution in [0.15, 0.2) is 24.3 Å². The molecule has 1 atom stereocenters. The molecular formula is C16H21NO3. The zero-order chi connectivity index (χ0) is 14.7. The summed E-state index contributed by atoms with van der Waals surface area (Å²) >= 11 is 0. The summed E-state index contributed by atoms with van der Waals surface area (Å²) in [5.74, 6) is -0.262. The van der Waals surface area contributed by atoms with E-state index >= 15 is 0 Å². The molecule has 1 fully saturated rings. The van der Waals surface area contributed by atoms with Gasteiger partial charge in [-0.05, 0) is 43.4 Å².